The van der Waals surface area contributed by atoms with Crippen molar-refractivity contribution in [1.82, 2.24) is 4.57 Å². The van der Waals surface area contributed by atoms with Crippen molar-refractivity contribution >= 4 is 46.4 Å². The summed E-state index contributed by atoms with van der Waals surface area (Å²) in [6, 6.07) is 13.8. The first-order valence-corrected chi connectivity index (χ1v) is 11.3. The molecule has 0 fully saturated rings. The van der Waals surface area contributed by atoms with Gasteiger partial charge < -0.3 is 20.5 Å². The summed E-state index contributed by atoms with van der Waals surface area (Å²) < 4.78 is 24.6. The summed E-state index contributed by atoms with van der Waals surface area (Å²) in [4.78, 5) is 38.6. The molecule has 3 aromatic rings. The largest absolute Gasteiger partial charge is 0.497 e. The van der Waals surface area contributed by atoms with Crippen molar-refractivity contribution in [3.63, 3.8) is 0 Å². The number of allylic oxidation sites excluding steroid dienone is 1. The summed E-state index contributed by atoms with van der Waals surface area (Å²) >= 11 is 0.855. The van der Waals surface area contributed by atoms with Gasteiger partial charge in [-0.1, -0.05) is 12.1 Å². The average molecular weight is 507 g/mol. The first kappa shape index (κ1) is 24.4. The standard InChI is InChI=1S/C25H19FN4O5S/c1-34-16-9-7-15(8-10-16)29-23(32)21-20(13-3-5-14(26)6-4-13)17(12-27)22(28)30-24(33)18(36-25(21)30)11-19(31)35-2/h3-11,20H,28H2,1-2H3,(H,29,32)/b18-11-/t20-/m1/s1. The highest BCUT2D eigenvalue weighted by atomic mass is 32.1. The lowest BCUT2D eigenvalue weighted by atomic mass is 9.83. The fraction of sp³-hybridized carbons (Fsp3) is 0.120. The lowest BCUT2D eigenvalue weighted by Gasteiger charge is -2.25. The lowest BCUT2D eigenvalue weighted by molar-refractivity contribution is -0.133. The highest BCUT2D eigenvalue weighted by Gasteiger charge is 2.35. The number of nitrogens with two attached hydrogens (primary N) is 1. The molecule has 0 saturated carbocycles. The van der Waals surface area contributed by atoms with Crippen LogP contribution >= 0.6 is 11.3 Å². The predicted octanol–water partition coefficient (Wildman–Crippen LogP) is 1.25. The molecular weight excluding hydrogens is 487 g/mol. The average Bonchev–Trinajstić information content (AvgIpc) is 3.20. The van der Waals surface area contributed by atoms with Crippen LogP contribution < -0.4 is 30.5 Å². The molecule has 0 radical (unpaired) electrons. The highest BCUT2D eigenvalue weighted by Crippen LogP contribution is 2.36. The molecule has 0 aliphatic carbocycles. The fourth-order valence-electron chi connectivity index (χ4n) is 3.79. The van der Waals surface area contributed by atoms with E-state index < -0.39 is 29.2 Å². The van der Waals surface area contributed by atoms with Gasteiger partial charge in [-0.15, -0.1) is 11.3 Å². The van der Waals surface area contributed by atoms with E-state index in [0.29, 0.717) is 17.0 Å². The Kier molecular flexibility index (Phi) is 6.71. The Morgan fingerprint density at radius 2 is 1.83 bits per heavy atom. The highest BCUT2D eigenvalue weighted by molar-refractivity contribution is 7.07. The Hall–Kier alpha value is -4.69. The van der Waals surface area contributed by atoms with E-state index in [1.165, 1.54) is 31.4 Å². The number of rotatable bonds is 5. The Morgan fingerprint density at radius 3 is 2.42 bits per heavy atom. The van der Waals surface area contributed by atoms with E-state index in [0.717, 1.165) is 29.1 Å². The maximum Gasteiger partial charge on any atom is 0.332 e. The zero-order valence-electron chi connectivity index (χ0n) is 19.1. The van der Waals surface area contributed by atoms with Gasteiger partial charge in [0.15, 0.2) is 0 Å². The summed E-state index contributed by atoms with van der Waals surface area (Å²) in [5.41, 5.74) is 6.38. The van der Waals surface area contributed by atoms with Crippen molar-refractivity contribution in [2.45, 2.75) is 5.92 Å². The van der Waals surface area contributed by atoms with Gasteiger partial charge in [0.1, 0.15) is 26.6 Å². The molecule has 4 rings (SSSR count). The molecule has 0 saturated heterocycles. The molecule has 3 N–H and O–H groups in total. The quantitative estimate of drug-likeness (QED) is 0.497. The number of anilines is 1. The van der Waals surface area contributed by atoms with Gasteiger partial charge in [-0.05, 0) is 42.0 Å². The number of halogens is 1. The number of nitrogens with zero attached hydrogens (tertiary/aromatic N) is 2. The topological polar surface area (TPSA) is 136 Å². The Morgan fingerprint density at radius 1 is 1.17 bits per heavy atom. The van der Waals surface area contributed by atoms with Crippen LogP contribution in [0.5, 0.6) is 5.75 Å². The number of nitrogens with one attached hydrogen (secondary N) is 1. The first-order chi connectivity index (χ1) is 17.3. The van der Waals surface area contributed by atoms with Crippen molar-refractivity contribution in [2.75, 3.05) is 19.5 Å². The van der Waals surface area contributed by atoms with Crippen LogP contribution in [0.1, 0.15) is 11.5 Å². The molecule has 1 aliphatic heterocycles. The van der Waals surface area contributed by atoms with Crippen molar-refractivity contribution in [3.8, 4) is 11.8 Å². The van der Waals surface area contributed by atoms with Crippen LogP contribution in [0.25, 0.3) is 17.5 Å². The third-order valence-electron chi connectivity index (χ3n) is 5.51. The van der Waals surface area contributed by atoms with Gasteiger partial charge in [0, 0.05) is 11.8 Å². The molecule has 36 heavy (non-hydrogen) atoms. The number of carbonyl (C=O) groups excluding carboxylic acids is 2. The van der Waals surface area contributed by atoms with Crippen LogP contribution in [0, 0.1) is 17.1 Å². The number of ether oxygens (including phenoxy) is 2. The Balaban J connectivity index is 2.01. The van der Waals surface area contributed by atoms with Crippen LogP contribution in [-0.2, 0) is 14.3 Å². The molecule has 1 atom stereocenters. The summed E-state index contributed by atoms with van der Waals surface area (Å²) in [6.07, 6.45) is 0.990. The van der Waals surface area contributed by atoms with E-state index in [4.69, 9.17) is 10.5 Å². The molecule has 1 aromatic heterocycles. The van der Waals surface area contributed by atoms with E-state index in [1.54, 1.807) is 24.3 Å². The predicted molar refractivity (Wildman–Crippen MR) is 131 cm³/mol. The number of amides is 1. The summed E-state index contributed by atoms with van der Waals surface area (Å²) in [5.74, 6) is -2.49. The van der Waals surface area contributed by atoms with Crippen molar-refractivity contribution in [2.24, 2.45) is 5.73 Å². The van der Waals surface area contributed by atoms with Crippen LogP contribution in [0.15, 0.2) is 58.9 Å². The second-order valence-corrected chi connectivity index (χ2v) is 8.60. The van der Waals surface area contributed by atoms with Crippen molar-refractivity contribution in [1.29, 1.82) is 5.26 Å². The molecule has 2 aromatic carbocycles. The molecule has 0 bridgehead atoms. The van der Waals surface area contributed by atoms with Gasteiger partial charge in [-0.2, -0.15) is 5.26 Å². The van der Waals surface area contributed by atoms with Crippen molar-refractivity contribution < 1.29 is 23.5 Å². The number of hydrogen-bond donors (Lipinski definition) is 2. The van der Waals surface area contributed by atoms with Crippen LogP contribution in [0.2, 0.25) is 0 Å². The minimum absolute atomic E-state index is 0.0356. The van der Waals surface area contributed by atoms with E-state index in [-0.39, 0.29) is 26.2 Å². The Bertz CT molecular complexity index is 1610. The van der Waals surface area contributed by atoms with E-state index in [1.807, 2.05) is 6.07 Å². The van der Waals surface area contributed by atoms with Gasteiger partial charge >= 0.3 is 5.97 Å². The maximum absolute atomic E-state index is 13.7. The molecule has 1 aliphatic rings. The number of esters is 1. The summed E-state index contributed by atoms with van der Waals surface area (Å²) in [6.45, 7) is 0. The first-order valence-electron chi connectivity index (χ1n) is 10.5. The molecular formula is C25H19FN4O5S. The number of carbonyl (C=O) groups is 2. The third-order valence-corrected chi connectivity index (χ3v) is 6.62. The smallest absolute Gasteiger partial charge is 0.332 e. The monoisotopic (exact) mass is 506 g/mol. The SMILES string of the molecule is COC(=O)/C=c1\sc2n(c1=O)C(N)=C(C#N)[C@@H](c1ccc(F)cc1)C=2C(=O)Nc1ccc(OC)cc1. The van der Waals surface area contributed by atoms with Gasteiger partial charge in [-0.25, -0.2) is 9.18 Å². The third kappa shape index (κ3) is 4.37. The second kappa shape index (κ2) is 9.89. The van der Waals surface area contributed by atoms with Crippen LogP contribution in [0.3, 0.4) is 0 Å². The van der Waals surface area contributed by atoms with E-state index in [2.05, 4.69) is 10.1 Å². The maximum atomic E-state index is 13.7. The molecule has 0 unspecified atom stereocenters. The number of aromatic nitrogens is 1. The normalized spacial score (nSPS) is 15.2. The summed E-state index contributed by atoms with van der Waals surface area (Å²) in [5, 5.41) is 12.8. The van der Waals surface area contributed by atoms with Gasteiger partial charge in [-0.3, -0.25) is 14.2 Å². The Labute approximate surface area is 207 Å². The van der Waals surface area contributed by atoms with Gasteiger partial charge in [0.2, 0.25) is 0 Å². The number of thiazole rings is 1. The minimum Gasteiger partial charge on any atom is -0.497 e. The fourth-order valence-corrected chi connectivity index (χ4v) is 4.93. The van der Waals surface area contributed by atoms with Crippen molar-refractivity contribution in [3.05, 3.63) is 85.0 Å². The number of methoxy groups -OCH3 is 2. The van der Waals surface area contributed by atoms with Gasteiger partial charge in [0.05, 0.1) is 37.4 Å². The van der Waals surface area contributed by atoms with Gasteiger partial charge in [0.25, 0.3) is 11.5 Å². The number of fused-ring (bicyclic) bond motifs is 1. The lowest BCUT2D eigenvalue weighted by Crippen LogP contribution is -2.40. The van der Waals surface area contributed by atoms with E-state index in [9.17, 15) is 24.0 Å². The molecule has 0 spiro atoms. The number of benzene rings is 2. The molecule has 2 heterocycles. The van der Waals surface area contributed by atoms with Crippen LogP contribution in [0.4, 0.5) is 10.1 Å². The molecule has 9 nitrogen and oxygen atoms in total. The van der Waals surface area contributed by atoms with Crippen LogP contribution in [-0.4, -0.2) is 30.7 Å². The summed E-state index contributed by atoms with van der Waals surface area (Å²) in [7, 11) is 2.67. The number of nitriles is 1. The second-order valence-electron chi connectivity index (χ2n) is 7.57. The zero-order chi connectivity index (χ0) is 26.0. The molecule has 182 valence electrons. The minimum atomic E-state index is -1.00. The van der Waals surface area contributed by atoms with E-state index >= 15 is 0 Å². The molecule has 1 amide bonds. The molecule has 11 heteroatoms. The zero-order valence-corrected chi connectivity index (χ0v) is 19.9. The number of hydrogen-bond acceptors (Lipinski definition) is 8.